The molecule has 0 aliphatic carbocycles. The average Bonchev–Trinajstić information content (AvgIpc) is 3.24. The van der Waals surface area contributed by atoms with E-state index in [1.807, 2.05) is 97.1 Å². The maximum atomic E-state index is 5.12. The molecule has 0 atom stereocenters. The second kappa shape index (κ2) is 13.7. The van der Waals surface area contributed by atoms with E-state index in [1.165, 1.54) is 0 Å². The number of nitrogens with zero attached hydrogens (tertiary/aromatic N) is 5. The van der Waals surface area contributed by atoms with Crippen LogP contribution in [0.2, 0.25) is 0 Å². The van der Waals surface area contributed by atoms with Gasteiger partial charge in [-0.25, -0.2) is 24.9 Å². The maximum absolute atomic E-state index is 5.12. The molecule has 5 nitrogen and oxygen atoms in total. The van der Waals surface area contributed by atoms with Crippen molar-refractivity contribution < 1.29 is 0 Å². The Labute approximate surface area is 302 Å². The summed E-state index contributed by atoms with van der Waals surface area (Å²) in [4.78, 5) is 25.3. The van der Waals surface area contributed by atoms with E-state index in [4.69, 9.17) is 24.9 Å². The Balaban J connectivity index is 1.25. The molecule has 2 aromatic heterocycles. The molecule has 5 heteroatoms. The van der Waals surface area contributed by atoms with Crippen LogP contribution in [0.5, 0.6) is 0 Å². The second-order valence-corrected chi connectivity index (χ2v) is 12.5. The molecule has 9 aromatic rings. The standard InChI is InChI=1S/C47H31N5/c1-5-17-33(18-6-1)41-31-42(49-44(48-41)34-19-7-2-8-20-34)37-25-15-26-38(30-37)43-39-27-14-13-16-32(39)28-29-40(43)47-51-45(35-21-9-3-10-22-35)50-46(52-47)36-23-11-4-12-24-36/h1-31H. The van der Waals surface area contributed by atoms with Crippen LogP contribution in [0.15, 0.2) is 188 Å². The van der Waals surface area contributed by atoms with Crippen molar-refractivity contribution in [3.05, 3.63) is 188 Å². The Hall–Kier alpha value is -7.11. The van der Waals surface area contributed by atoms with Gasteiger partial charge in [0.1, 0.15) is 0 Å². The first kappa shape index (κ1) is 30.9. The molecule has 0 saturated heterocycles. The van der Waals surface area contributed by atoms with Crippen molar-refractivity contribution in [2.75, 3.05) is 0 Å². The SMILES string of the molecule is c1ccc(-c2cc(-c3cccc(-c4c(-c5nc(-c6ccccc6)nc(-c6ccccc6)n5)ccc5ccccc45)c3)nc(-c3ccccc3)n2)cc1. The molecule has 0 radical (unpaired) electrons. The summed E-state index contributed by atoms with van der Waals surface area (Å²) in [7, 11) is 0. The molecule has 244 valence electrons. The number of hydrogen-bond donors (Lipinski definition) is 0. The van der Waals surface area contributed by atoms with Crippen LogP contribution in [-0.4, -0.2) is 24.9 Å². The first-order chi connectivity index (χ1) is 25.8. The third-order valence-electron chi connectivity index (χ3n) is 9.14. The fraction of sp³-hybridized carbons (Fsp3) is 0. The third-order valence-corrected chi connectivity index (χ3v) is 9.14. The quantitative estimate of drug-likeness (QED) is 0.169. The maximum Gasteiger partial charge on any atom is 0.164 e. The van der Waals surface area contributed by atoms with E-state index >= 15 is 0 Å². The number of fused-ring (bicyclic) bond motifs is 1. The largest absolute Gasteiger partial charge is 0.228 e. The summed E-state index contributed by atoms with van der Waals surface area (Å²) in [6, 6.07) is 64.0. The predicted octanol–water partition coefficient (Wildman–Crippen LogP) is 11.5. The van der Waals surface area contributed by atoms with Gasteiger partial charge in [0.2, 0.25) is 0 Å². The van der Waals surface area contributed by atoms with Crippen molar-refractivity contribution in [2.45, 2.75) is 0 Å². The molecule has 0 amide bonds. The minimum atomic E-state index is 0.610. The highest BCUT2D eigenvalue weighted by atomic mass is 15.0. The van der Waals surface area contributed by atoms with Gasteiger partial charge in [-0.05, 0) is 34.5 Å². The summed E-state index contributed by atoms with van der Waals surface area (Å²) in [5, 5.41) is 2.24. The van der Waals surface area contributed by atoms with Gasteiger partial charge >= 0.3 is 0 Å². The minimum absolute atomic E-state index is 0.610. The Morgan fingerprint density at radius 1 is 0.269 bits per heavy atom. The molecule has 0 unspecified atom stereocenters. The van der Waals surface area contributed by atoms with Crippen molar-refractivity contribution in [3.8, 4) is 79.2 Å². The average molecular weight is 666 g/mol. The van der Waals surface area contributed by atoms with E-state index in [1.54, 1.807) is 0 Å². The molecule has 0 saturated carbocycles. The number of benzene rings is 7. The minimum Gasteiger partial charge on any atom is -0.228 e. The van der Waals surface area contributed by atoms with E-state index < -0.39 is 0 Å². The summed E-state index contributed by atoms with van der Waals surface area (Å²) in [5.74, 6) is 2.54. The monoisotopic (exact) mass is 665 g/mol. The van der Waals surface area contributed by atoms with Crippen molar-refractivity contribution in [3.63, 3.8) is 0 Å². The van der Waals surface area contributed by atoms with Crippen LogP contribution in [0.3, 0.4) is 0 Å². The molecule has 0 spiro atoms. The highest BCUT2D eigenvalue weighted by molar-refractivity contribution is 6.04. The molecule has 2 heterocycles. The van der Waals surface area contributed by atoms with Crippen LogP contribution in [0.25, 0.3) is 90.0 Å². The number of hydrogen-bond acceptors (Lipinski definition) is 5. The lowest BCUT2D eigenvalue weighted by molar-refractivity contribution is 1.07. The summed E-state index contributed by atoms with van der Waals surface area (Å²) in [6.45, 7) is 0. The zero-order valence-electron chi connectivity index (χ0n) is 28.1. The van der Waals surface area contributed by atoms with E-state index in [0.717, 1.165) is 66.7 Å². The summed E-state index contributed by atoms with van der Waals surface area (Å²) in [5.41, 5.74) is 9.56. The van der Waals surface area contributed by atoms with Crippen LogP contribution < -0.4 is 0 Å². The summed E-state index contributed by atoms with van der Waals surface area (Å²) >= 11 is 0. The normalized spacial score (nSPS) is 11.1. The van der Waals surface area contributed by atoms with Crippen LogP contribution in [0.1, 0.15) is 0 Å². The second-order valence-electron chi connectivity index (χ2n) is 12.5. The summed E-state index contributed by atoms with van der Waals surface area (Å²) < 4.78 is 0. The van der Waals surface area contributed by atoms with Crippen LogP contribution >= 0.6 is 0 Å². The Kier molecular flexibility index (Phi) is 8.12. The zero-order valence-corrected chi connectivity index (χ0v) is 28.1. The Morgan fingerprint density at radius 2 is 0.712 bits per heavy atom. The van der Waals surface area contributed by atoms with Gasteiger partial charge in [0, 0.05) is 38.9 Å². The lowest BCUT2D eigenvalue weighted by Gasteiger charge is -2.16. The summed E-state index contributed by atoms with van der Waals surface area (Å²) in [6.07, 6.45) is 0. The topological polar surface area (TPSA) is 64.5 Å². The van der Waals surface area contributed by atoms with Gasteiger partial charge in [0.25, 0.3) is 0 Å². The van der Waals surface area contributed by atoms with Crippen molar-refractivity contribution in [2.24, 2.45) is 0 Å². The van der Waals surface area contributed by atoms with Gasteiger partial charge in [-0.1, -0.05) is 170 Å². The van der Waals surface area contributed by atoms with Crippen molar-refractivity contribution in [1.82, 2.24) is 24.9 Å². The lowest BCUT2D eigenvalue weighted by Crippen LogP contribution is -2.01. The van der Waals surface area contributed by atoms with Crippen LogP contribution in [-0.2, 0) is 0 Å². The first-order valence-electron chi connectivity index (χ1n) is 17.3. The zero-order chi connectivity index (χ0) is 34.7. The molecule has 0 aliphatic rings. The van der Waals surface area contributed by atoms with Gasteiger partial charge < -0.3 is 0 Å². The Morgan fingerprint density at radius 3 is 1.31 bits per heavy atom. The van der Waals surface area contributed by atoms with E-state index in [9.17, 15) is 0 Å². The molecular weight excluding hydrogens is 635 g/mol. The Bertz CT molecular complexity index is 2550. The molecule has 0 fully saturated rings. The van der Waals surface area contributed by atoms with Gasteiger partial charge in [-0.2, -0.15) is 0 Å². The van der Waals surface area contributed by atoms with Gasteiger partial charge in [-0.15, -0.1) is 0 Å². The van der Waals surface area contributed by atoms with Crippen LogP contribution in [0, 0.1) is 0 Å². The van der Waals surface area contributed by atoms with E-state index in [-0.39, 0.29) is 0 Å². The molecule has 0 N–H and O–H groups in total. The fourth-order valence-corrected chi connectivity index (χ4v) is 6.60. The lowest BCUT2D eigenvalue weighted by atomic mass is 9.91. The van der Waals surface area contributed by atoms with Gasteiger partial charge in [-0.3, -0.25) is 0 Å². The fourth-order valence-electron chi connectivity index (χ4n) is 6.60. The molecule has 9 rings (SSSR count). The van der Waals surface area contributed by atoms with Gasteiger partial charge in [0.05, 0.1) is 11.4 Å². The molecule has 52 heavy (non-hydrogen) atoms. The van der Waals surface area contributed by atoms with E-state index in [0.29, 0.717) is 23.3 Å². The van der Waals surface area contributed by atoms with E-state index in [2.05, 4.69) is 91.0 Å². The molecule has 0 aliphatic heterocycles. The molecular formula is C47H31N5. The number of rotatable bonds is 7. The number of aromatic nitrogens is 5. The highest BCUT2D eigenvalue weighted by Crippen LogP contribution is 2.39. The van der Waals surface area contributed by atoms with Crippen LogP contribution in [0.4, 0.5) is 0 Å². The smallest absolute Gasteiger partial charge is 0.164 e. The van der Waals surface area contributed by atoms with Crippen molar-refractivity contribution in [1.29, 1.82) is 0 Å². The van der Waals surface area contributed by atoms with Crippen molar-refractivity contribution >= 4 is 10.8 Å². The highest BCUT2D eigenvalue weighted by Gasteiger charge is 2.19. The first-order valence-corrected chi connectivity index (χ1v) is 17.3. The predicted molar refractivity (Wildman–Crippen MR) is 211 cm³/mol. The molecule has 0 bridgehead atoms. The molecule has 7 aromatic carbocycles. The van der Waals surface area contributed by atoms with Gasteiger partial charge in [0.15, 0.2) is 23.3 Å². The third kappa shape index (κ3) is 6.12.